The Kier molecular flexibility index (Phi) is 5.92. The lowest BCUT2D eigenvalue weighted by Crippen LogP contribution is -2.44. The molecule has 1 fully saturated rings. The molecule has 0 aromatic carbocycles. The molecule has 0 bridgehead atoms. The van der Waals surface area contributed by atoms with E-state index < -0.39 is 0 Å². The second-order valence-corrected chi connectivity index (χ2v) is 6.03. The molecule has 1 rings (SSSR count). The van der Waals surface area contributed by atoms with Crippen LogP contribution in [0, 0.1) is 5.41 Å². The van der Waals surface area contributed by atoms with Crippen LogP contribution < -0.4 is 10.6 Å². The first-order valence-corrected chi connectivity index (χ1v) is 6.67. The van der Waals surface area contributed by atoms with E-state index in [0.29, 0.717) is 6.42 Å². The van der Waals surface area contributed by atoms with Crippen LogP contribution in [0.15, 0.2) is 0 Å². The van der Waals surface area contributed by atoms with Crippen LogP contribution in [0.2, 0.25) is 0 Å². The van der Waals surface area contributed by atoms with Gasteiger partial charge in [-0.05, 0) is 18.4 Å². The van der Waals surface area contributed by atoms with Crippen LogP contribution in [0.5, 0.6) is 0 Å². The van der Waals surface area contributed by atoms with E-state index in [0.717, 1.165) is 45.7 Å². The summed E-state index contributed by atoms with van der Waals surface area (Å²) in [7, 11) is 0. The van der Waals surface area contributed by atoms with E-state index in [4.69, 9.17) is 0 Å². The first-order valence-electron chi connectivity index (χ1n) is 6.67. The highest BCUT2D eigenvalue weighted by Crippen LogP contribution is 2.17. The van der Waals surface area contributed by atoms with Crippen LogP contribution in [0.25, 0.3) is 0 Å². The van der Waals surface area contributed by atoms with Gasteiger partial charge in [-0.3, -0.25) is 4.79 Å². The largest absolute Gasteiger partial charge is 0.356 e. The van der Waals surface area contributed by atoms with Crippen molar-refractivity contribution in [2.75, 3.05) is 39.3 Å². The molecule has 2 N–H and O–H groups in total. The van der Waals surface area contributed by atoms with Crippen LogP contribution in [-0.4, -0.2) is 50.1 Å². The van der Waals surface area contributed by atoms with Crippen molar-refractivity contribution in [3.8, 4) is 0 Å². The highest BCUT2D eigenvalue weighted by molar-refractivity contribution is 5.76. The number of carbonyl (C=O) groups excluding carboxylic acids is 1. The number of hydrogen-bond donors (Lipinski definition) is 2. The fraction of sp³-hybridized carbons (Fsp3) is 0.923. The third-order valence-electron chi connectivity index (χ3n) is 2.87. The van der Waals surface area contributed by atoms with Gasteiger partial charge < -0.3 is 15.5 Å². The quantitative estimate of drug-likeness (QED) is 0.701. The summed E-state index contributed by atoms with van der Waals surface area (Å²) in [6.07, 6.45) is 1.66. The van der Waals surface area contributed by atoms with Gasteiger partial charge in [0.05, 0.1) is 0 Å². The molecule has 1 saturated heterocycles. The molecule has 0 aromatic heterocycles. The van der Waals surface area contributed by atoms with Gasteiger partial charge in [-0.1, -0.05) is 20.8 Å². The van der Waals surface area contributed by atoms with Crippen LogP contribution in [0.1, 0.15) is 33.6 Å². The molecule has 4 heteroatoms. The molecular weight excluding hydrogens is 214 g/mol. The van der Waals surface area contributed by atoms with Gasteiger partial charge in [-0.15, -0.1) is 0 Å². The molecule has 17 heavy (non-hydrogen) atoms. The topological polar surface area (TPSA) is 44.4 Å². The monoisotopic (exact) mass is 241 g/mol. The minimum atomic E-state index is 0.0859. The number of nitrogens with zero attached hydrogens (tertiary/aromatic N) is 1. The van der Waals surface area contributed by atoms with E-state index >= 15 is 0 Å². The SMILES string of the molecule is CC(C)(C)CC(=O)NCCCN1CCNCC1. The van der Waals surface area contributed by atoms with Gasteiger partial charge in [0, 0.05) is 39.1 Å². The molecule has 0 aliphatic carbocycles. The Morgan fingerprint density at radius 3 is 2.53 bits per heavy atom. The summed E-state index contributed by atoms with van der Waals surface area (Å²) in [6, 6.07) is 0. The fourth-order valence-corrected chi connectivity index (χ4v) is 2.01. The average molecular weight is 241 g/mol. The predicted octanol–water partition coefficient (Wildman–Crippen LogP) is 0.834. The molecule has 1 aliphatic rings. The number of amides is 1. The van der Waals surface area contributed by atoms with Crippen molar-refractivity contribution in [3.63, 3.8) is 0 Å². The lowest BCUT2D eigenvalue weighted by Gasteiger charge is -2.27. The summed E-state index contributed by atoms with van der Waals surface area (Å²) in [6.45, 7) is 12.6. The molecule has 1 aliphatic heterocycles. The van der Waals surface area contributed by atoms with Crippen molar-refractivity contribution in [1.29, 1.82) is 0 Å². The van der Waals surface area contributed by atoms with Crippen molar-refractivity contribution >= 4 is 5.91 Å². The summed E-state index contributed by atoms with van der Waals surface area (Å²) in [5.41, 5.74) is 0.0859. The second-order valence-electron chi connectivity index (χ2n) is 6.03. The standard InChI is InChI=1S/C13H27N3O/c1-13(2,3)11-12(17)15-5-4-8-16-9-6-14-7-10-16/h14H,4-11H2,1-3H3,(H,15,17). The second kappa shape index (κ2) is 6.97. The number of rotatable bonds is 5. The van der Waals surface area contributed by atoms with Gasteiger partial charge >= 0.3 is 0 Å². The first-order chi connectivity index (χ1) is 7.97. The Hall–Kier alpha value is -0.610. The predicted molar refractivity (Wildman–Crippen MR) is 71.0 cm³/mol. The minimum Gasteiger partial charge on any atom is -0.356 e. The van der Waals surface area contributed by atoms with Crippen LogP contribution in [0.4, 0.5) is 0 Å². The molecule has 0 radical (unpaired) electrons. The summed E-state index contributed by atoms with van der Waals surface area (Å²) in [4.78, 5) is 14.0. The molecule has 100 valence electrons. The zero-order valence-electron chi connectivity index (χ0n) is 11.5. The van der Waals surface area contributed by atoms with Gasteiger partial charge in [0.25, 0.3) is 0 Å². The molecule has 1 amide bonds. The van der Waals surface area contributed by atoms with Gasteiger partial charge in [0.1, 0.15) is 0 Å². The van der Waals surface area contributed by atoms with E-state index in [9.17, 15) is 4.79 Å². The molecular formula is C13H27N3O. The normalized spacial score (nSPS) is 18.1. The van der Waals surface area contributed by atoms with Crippen LogP contribution >= 0.6 is 0 Å². The van der Waals surface area contributed by atoms with Gasteiger partial charge in [0.2, 0.25) is 5.91 Å². The molecule has 0 saturated carbocycles. The van der Waals surface area contributed by atoms with Crippen LogP contribution in [-0.2, 0) is 4.79 Å². The van der Waals surface area contributed by atoms with Crippen molar-refractivity contribution in [2.45, 2.75) is 33.6 Å². The van der Waals surface area contributed by atoms with E-state index in [-0.39, 0.29) is 11.3 Å². The third-order valence-corrected chi connectivity index (χ3v) is 2.87. The van der Waals surface area contributed by atoms with Crippen molar-refractivity contribution in [1.82, 2.24) is 15.5 Å². The Bertz CT molecular complexity index is 229. The fourth-order valence-electron chi connectivity index (χ4n) is 2.01. The maximum absolute atomic E-state index is 11.6. The van der Waals surface area contributed by atoms with E-state index in [1.165, 1.54) is 0 Å². The summed E-state index contributed by atoms with van der Waals surface area (Å²) >= 11 is 0. The summed E-state index contributed by atoms with van der Waals surface area (Å²) in [5, 5.41) is 6.34. The molecule has 0 spiro atoms. The maximum Gasteiger partial charge on any atom is 0.220 e. The minimum absolute atomic E-state index is 0.0859. The van der Waals surface area contributed by atoms with E-state index in [2.05, 4.69) is 36.3 Å². The van der Waals surface area contributed by atoms with E-state index in [1.807, 2.05) is 0 Å². The molecule has 0 unspecified atom stereocenters. The van der Waals surface area contributed by atoms with Crippen LogP contribution in [0.3, 0.4) is 0 Å². The maximum atomic E-state index is 11.6. The van der Waals surface area contributed by atoms with Gasteiger partial charge in [0.15, 0.2) is 0 Å². The Labute approximate surface area is 105 Å². The van der Waals surface area contributed by atoms with Gasteiger partial charge in [-0.25, -0.2) is 0 Å². The third kappa shape index (κ3) is 7.34. The van der Waals surface area contributed by atoms with Gasteiger partial charge in [-0.2, -0.15) is 0 Å². The number of carbonyl (C=O) groups is 1. The number of nitrogens with one attached hydrogen (secondary N) is 2. The molecule has 0 aromatic rings. The highest BCUT2D eigenvalue weighted by Gasteiger charge is 2.15. The smallest absolute Gasteiger partial charge is 0.220 e. The Morgan fingerprint density at radius 1 is 1.29 bits per heavy atom. The highest BCUT2D eigenvalue weighted by atomic mass is 16.1. The average Bonchev–Trinajstić information content (AvgIpc) is 2.23. The number of hydrogen-bond acceptors (Lipinski definition) is 3. The Balaban J connectivity index is 2.01. The van der Waals surface area contributed by atoms with Crippen molar-refractivity contribution in [3.05, 3.63) is 0 Å². The summed E-state index contributed by atoms with van der Waals surface area (Å²) < 4.78 is 0. The zero-order valence-corrected chi connectivity index (χ0v) is 11.5. The van der Waals surface area contributed by atoms with Crippen molar-refractivity contribution in [2.24, 2.45) is 5.41 Å². The Morgan fingerprint density at radius 2 is 1.94 bits per heavy atom. The first kappa shape index (κ1) is 14.5. The molecule has 4 nitrogen and oxygen atoms in total. The molecule has 0 atom stereocenters. The summed E-state index contributed by atoms with van der Waals surface area (Å²) in [5.74, 6) is 0.179. The lowest BCUT2D eigenvalue weighted by atomic mass is 9.92. The zero-order chi connectivity index (χ0) is 12.7. The van der Waals surface area contributed by atoms with Crippen molar-refractivity contribution < 1.29 is 4.79 Å². The van der Waals surface area contributed by atoms with E-state index in [1.54, 1.807) is 0 Å². The number of piperazine rings is 1. The lowest BCUT2D eigenvalue weighted by molar-refractivity contribution is -0.122. The molecule has 1 heterocycles.